The molecule has 1 aromatic carbocycles. The second-order valence-corrected chi connectivity index (χ2v) is 6.12. The summed E-state index contributed by atoms with van der Waals surface area (Å²) in [5.41, 5.74) is 10.3. The van der Waals surface area contributed by atoms with Crippen molar-refractivity contribution in [2.45, 2.75) is 38.0 Å². The summed E-state index contributed by atoms with van der Waals surface area (Å²) < 4.78 is 1.59. The molecule has 1 aliphatic heterocycles. The maximum absolute atomic E-state index is 13.1. The molecule has 0 fully saturated rings. The van der Waals surface area contributed by atoms with Crippen LogP contribution in [0.15, 0.2) is 24.3 Å². The quantitative estimate of drug-likeness (QED) is 0.848. The van der Waals surface area contributed by atoms with Gasteiger partial charge in [-0.3, -0.25) is 4.79 Å². The van der Waals surface area contributed by atoms with E-state index >= 15 is 0 Å². The molecule has 0 spiro atoms. The van der Waals surface area contributed by atoms with Gasteiger partial charge in [-0.1, -0.05) is 18.2 Å². The maximum Gasteiger partial charge on any atom is 0.254 e. The molecule has 4 rings (SSSR count). The molecular weight excluding hydrogens is 276 g/mol. The molecule has 1 atom stereocenters. The Morgan fingerprint density at radius 1 is 1.27 bits per heavy atom. The highest BCUT2D eigenvalue weighted by Gasteiger charge is 2.31. The maximum atomic E-state index is 13.1. The summed E-state index contributed by atoms with van der Waals surface area (Å²) in [6.45, 7) is 0.812. The van der Waals surface area contributed by atoms with Crippen molar-refractivity contribution in [2.75, 3.05) is 17.6 Å². The summed E-state index contributed by atoms with van der Waals surface area (Å²) >= 11 is 0. The molecule has 0 saturated carbocycles. The van der Waals surface area contributed by atoms with Crippen LogP contribution in [0.3, 0.4) is 0 Å². The number of aromatic nitrogens is 2. The monoisotopic (exact) mass is 296 g/mol. The number of hydrogen-bond acceptors (Lipinski definition) is 4. The minimum absolute atomic E-state index is 0.0591. The summed E-state index contributed by atoms with van der Waals surface area (Å²) in [5.74, 6) is 0.455. The lowest BCUT2D eigenvalue weighted by Gasteiger charge is -2.26. The normalized spacial score (nSPS) is 19.9. The Morgan fingerprint density at radius 3 is 3.00 bits per heavy atom. The van der Waals surface area contributed by atoms with Gasteiger partial charge in [0, 0.05) is 17.8 Å². The lowest BCUT2D eigenvalue weighted by molar-refractivity contribution is 0.0852. The van der Waals surface area contributed by atoms with Crippen LogP contribution in [0, 0.1) is 0 Å². The Morgan fingerprint density at radius 2 is 2.09 bits per heavy atom. The number of para-hydroxylation sites is 1. The average Bonchev–Trinajstić information content (AvgIpc) is 2.91. The van der Waals surface area contributed by atoms with Crippen LogP contribution in [-0.4, -0.2) is 22.2 Å². The number of carbonyl (C=O) groups is 1. The van der Waals surface area contributed by atoms with Gasteiger partial charge >= 0.3 is 0 Å². The fourth-order valence-electron chi connectivity index (χ4n) is 3.68. The van der Waals surface area contributed by atoms with E-state index in [1.54, 1.807) is 4.68 Å². The summed E-state index contributed by atoms with van der Waals surface area (Å²) in [6.07, 6.45) is 4.88. The molecule has 0 amide bonds. The van der Waals surface area contributed by atoms with Gasteiger partial charge < -0.3 is 11.1 Å². The minimum Gasteiger partial charge on any atom is -0.385 e. The predicted octanol–water partition coefficient (Wildman–Crippen LogP) is 2.58. The van der Waals surface area contributed by atoms with Crippen molar-refractivity contribution in [3.63, 3.8) is 0 Å². The second-order valence-electron chi connectivity index (χ2n) is 6.12. The van der Waals surface area contributed by atoms with Gasteiger partial charge in [-0.05, 0) is 43.7 Å². The molecule has 0 saturated heterocycles. The first kappa shape index (κ1) is 13.4. The molecule has 1 aliphatic carbocycles. The zero-order chi connectivity index (χ0) is 15.1. The Bertz CT molecular complexity index is 734. The number of nitrogen functional groups attached to an aromatic ring is 1. The van der Waals surface area contributed by atoms with E-state index in [9.17, 15) is 4.79 Å². The van der Waals surface area contributed by atoms with E-state index in [1.165, 1.54) is 0 Å². The number of anilines is 2. The number of carbonyl (C=O) groups excluding carboxylic acids is 1. The minimum atomic E-state index is -0.136. The third-order valence-corrected chi connectivity index (χ3v) is 4.80. The van der Waals surface area contributed by atoms with E-state index in [2.05, 4.69) is 10.4 Å². The van der Waals surface area contributed by atoms with Crippen molar-refractivity contribution < 1.29 is 4.79 Å². The van der Waals surface area contributed by atoms with E-state index in [0.29, 0.717) is 5.82 Å². The van der Waals surface area contributed by atoms with Crippen molar-refractivity contribution in [1.29, 1.82) is 0 Å². The van der Waals surface area contributed by atoms with E-state index in [1.807, 2.05) is 24.3 Å². The molecule has 5 heteroatoms. The molecule has 2 heterocycles. The first-order valence-electron chi connectivity index (χ1n) is 7.99. The van der Waals surface area contributed by atoms with Crippen LogP contribution in [0.25, 0.3) is 0 Å². The average molecular weight is 296 g/mol. The Balaban J connectivity index is 1.74. The molecule has 1 aromatic heterocycles. The Hall–Kier alpha value is -2.30. The topological polar surface area (TPSA) is 72.9 Å². The van der Waals surface area contributed by atoms with Crippen LogP contribution in [-0.2, 0) is 12.8 Å². The fourth-order valence-corrected chi connectivity index (χ4v) is 3.68. The molecule has 22 heavy (non-hydrogen) atoms. The third kappa shape index (κ3) is 2.00. The second kappa shape index (κ2) is 5.16. The number of fused-ring (bicyclic) bond motifs is 2. The number of nitrogens with two attached hydrogens (primary N) is 1. The van der Waals surface area contributed by atoms with E-state index in [-0.39, 0.29) is 11.8 Å². The molecule has 1 unspecified atom stereocenters. The summed E-state index contributed by atoms with van der Waals surface area (Å²) in [6, 6.07) is 8.04. The summed E-state index contributed by atoms with van der Waals surface area (Å²) in [7, 11) is 0. The number of benzene rings is 1. The van der Waals surface area contributed by atoms with E-state index in [4.69, 9.17) is 5.73 Å². The van der Waals surface area contributed by atoms with Gasteiger partial charge in [-0.15, -0.1) is 5.10 Å². The molecule has 3 N–H and O–H groups in total. The number of nitrogens with one attached hydrogen (secondary N) is 1. The highest BCUT2D eigenvalue weighted by molar-refractivity contribution is 5.89. The van der Waals surface area contributed by atoms with Gasteiger partial charge in [0.2, 0.25) is 0 Å². The lowest BCUT2D eigenvalue weighted by atomic mass is 9.90. The zero-order valence-electron chi connectivity index (χ0n) is 12.5. The van der Waals surface area contributed by atoms with Crippen LogP contribution < -0.4 is 11.1 Å². The van der Waals surface area contributed by atoms with Crippen LogP contribution >= 0.6 is 0 Å². The van der Waals surface area contributed by atoms with Gasteiger partial charge in [0.25, 0.3) is 5.91 Å². The highest BCUT2D eigenvalue weighted by Crippen LogP contribution is 2.34. The van der Waals surface area contributed by atoms with Crippen molar-refractivity contribution in [2.24, 2.45) is 0 Å². The summed E-state index contributed by atoms with van der Waals surface area (Å²) in [4.78, 5) is 13.1. The van der Waals surface area contributed by atoms with Crippen molar-refractivity contribution in [3.05, 3.63) is 41.1 Å². The zero-order valence-corrected chi connectivity index (χ0v) is 12.5. The number of rotatable bonds is 1. The van der Waals surface area contributed by atoms with Gasteiger partial charge in [0.05, 0.1) is 11.6 Å². The molecule has 5 nitrogen and oxygen atoms in total. The molecule has 2 aliphatic rings. The van der Waals surface area contributed by atoms with Gasteiger partial charge in [-0.2, -0.15) is 0 Å². The van der Waals surface area contributed by atoms with Crippen molar-refractivity contribution in [1.82, 2.24) is 9.78 Å². The molecule has 0 radical (unpaired) electrons. The number of hydrogen-bond donors (Lipinski definition) is 2. The van der Waals surface area contributed by atoms with Crippen LogP contribution in [0.4, 0.5) is 11.5 Å². The standard InChI is InChI=1S/C17H20N4O/c18-16-13-6-2-4-8-15(13)21(20-16)17(22)12-9-10-19-14-7-3-1-5-11(12)14/h1,3,5,7,12,19H,2,4,6,8-10H2,(H2,18,20). The number of nitrogens with zero attached hydrogens (tertiary/aromatic N) is 2. The predicted molar refractivity (Wildman–Crippen MR) is 86.2 cm³/mol. The first-order valence-corrected chi connectivity index (χ1v) is 7.99. The third-order valence-electron chi connectivity index (χ3n) is 4.80. The Labute approximate surface area is 129 Å². The van der Waals surface area contributed by atoms with E-state index in [0.717, 1.165) is 61.2 Å². The van der Waals surface area contributed by atoms with Gasteiger partial charge in [0.15, 0.2) is 0 Å². The van der Waals surface area contributed by atoms with Crippen LogP contribution in [0.2, 0.25) is 0 Å². The summed E-state index contributed by atoms with van der Waals surface area (Å²) in [5, 5.41) is 7.72. The van der Waals surface area contributed by atoms with Gasteiger partial charge in [-0.25, -0.2) is 4.68 Å². The highest BCUT2D eigenvalue weighted by atomic mass is 16.2. The largest absolute Gasteiger partial charge is 0.385 e. The van der Waals surface area contributed by atoms with Crippen molar-refractivity contribution >= 4 is 17.4 Å². The SMILES string of the molecule is Nc1nn(C(=O)C2CCNc3ccccc32)c2c1CCCC2. The smallest absolute Gasteiger partial charge is 0.254 e. The molecular formula is C17H20N4O. The first-order chi connectivity index (χ1) is 10.8. The molecule has 0 bridgehead atoms. The fraction of sp³-hybridized carbons (Fsp3) is 0.412. The van der Waals surface area contributed by atoms with Crippen molar-refractivity contribution in [3.8, 4) is 0 Å². The molecule has 2 aromatic rings. The molecule has 114 valence electrons. The van der Waals surface area contributed by atoms with Crippen LogP contribution in [0.5, 0.6) is 0 Å². The van der Waals surface area contributed by atoms with Crippen LogP contribution in [0.1, 0.15) is 46.8 Å². The van der Waals surface area contributed by atoms with E-state index < -0.39 is 0 Å². The lowest BCUT2D eigenvalue weighted by Crippen LogP contribution is -2.29. The Kier molecular flexibility index (Phi) is 3.13. The van der Waals surface area contributed by atoms with Gasteiger partial charge in [0.1, 0.15) is 5.82 Å².